The van der Waals surface area contributed by atoms with E-state index in [1.54, 1.807) is 24.3 Å². The minimum atomic E-state index is -1.16. The van der Waals surface area contributed by atoms with Gasteiger partial charge in [0.15, 0.2) is 0 Å². The summed E-state index contributed by atoms with van der Waals surface area (Å²) in [6, 6.07) is 10.00. The van der Waals surface area contributed by atoms with Crippen molar-refractivity contribution < 1.29 is 19.4 Å². The van der Waals surface area contributed by atoms with Crippen LogP contribution in [0.2, 0.25) is 10.0 Å². The lowest BCUT2D eigenvalue weighted by atomic mass is 9.57. The number of piperidine rings is 1. The van der Waals surface area contributed by atoms with Crippen molar-refractivity contribution in [2.45, 2.75) is 62.2 Å². The summed E-state index contributed by atoms with van der Waals surface area (Å²) < 4.78 is 6.50. The van der Waals surface area contributed by atoms with E-state index < -0.39 is 17.4 Å². The summed E-state index contributed by atoms with van der Waals surface area (Å²) >= 11 is 19.3. The van der Waals surface area contributed by atoms with E-state index in [2.05, 4.69) is 10.6 Å². The Hall–Kier alpha value is -2.51. The molecule has 2 aliphatic carbocycles. The largest absolute Gasteiger partial charge is 0.490 e. The van der Waals surface area contributed by atoms with E-state index in [1.165, 1.54) is 0 Å². The maximum absolute atomic E-state index is 14.3. The Bertz CT molecular complexity index is 1380. The van der Waals surface area contributed by atoms with E-state index in [9.17, 15) is 14.7 Å². The molecule has 3 N–H and O–H groups in total. The van der Waals surface area contributed by atoms with E-state index in [0.717, 1.165) is 5.56 Å². The van der Waals surface area contributed by atoms with Crippen LogP contribution >= 0.6 is 34.8 Å². The summed E-state index contributed by atoms with van der Waals surface area (Å²) in [6.45, 7) is 0. The van der Waals surface area contributed by atoms with Crippen LogP contribution in [-0.2, 0) is 15.0 Å². The van der Waals surface area contributed by atoms with E-state index in [1.807, 2.05) is 30.4 Å². The van der Waals surface area contributed by atoms with Gasteiger partial charge in [0.2, 0.25) is 11.8 Å². The molecule has 0 aromatic heterocycles. The number of rotatable bonds is 4. The molecule has 6 rings (SSSR count). The SMILES string of the molecule is O=C1C[C@@H](C2C=CC=C(Cl)C2)[C@]2(C(=O)Nc3cc(Cl)ccc32)[C@H](c2cc(Cl)ccc2O[C@H]2CC[C@H](O)CC2)N1. The molecule has 204 valence electrons. The zero-order valence-electron chi connectivity index (χ0n) is 21.1. The molecule has 9 heteroatoms. The van der Waals surface area contributed by atoms with E-state index >= 15 is 0 Å². The van der Waals surface area contributed by atoms with E-state index in [4.69, 9.17) is 39.5 Å². The second-order valence-corrected chi connectivity index (χ2v) is 12.3. The number of amides is 2. The summed E-state index contributed by atoms with van der Waals surface area (Å²) in [7, 11) is 0. The molecule has 2 aliphatic heterocycles. The van der Waals surface area contributed by atoms with Crippen molar-refractivity contribution in [3.05, 3.63) is 80.8 Å². The summed E-state index contributed by atoms with van der Waals surface area (Å²) in [5.41, 5.74) is 0.887. The highest BCUT2D eigenvalue weighted by Gasteiger charge is 2.62. The number of aliphatic hydroxyl groups is 1. The van der Waals surface area contributed by atoms with Gasteiger partial charge in [-0.15, -0.1) is 0 Å². The number of hydrogen-bond acceptors (Lipinski definition) is 4. The monoisotopic (exact) mass is 586 g/mol. The van der Waals surface area contributed by atoms with Crippen molar-refractivity contribution in [2.75, 3.05) is 5.32 Å². The fourth-order valence-electron chi connectivity index (χ4n) is 6.84. The second-order valence-electron chi connectivity index (χ2n) is 10.9. The van der Waals surface area contributed by atoms with Gasteiger partial charge in [-0.3, -0.25) is 9.59 Å². The highest BCUT2D eigenvalue weighted by Crippen LogP contribution is 2.58. The summed E-state index contributed by atoms with van der Waals surface area (Å²) in [6.07, 6.45) is 8.83. The fourth-order valence-corrected chi connectivity index (χ4v) is 7.44. The number of nitrogens with one attached hydrogen (secondary N) is 2. The normalized spacial score (nSPS) is 31.9. The smallest absolute Gasteiger partial charge is 0.237 e. The Morgan fingerprint density at radius 3 is 2.46 bits per heavy atom. The molecule has 4 aliphatic rings. The molecule has 1 saturated carbocycles. The maximum Gasteiger partial charge on any atom is 0.237 e. The lowest BCUT2D eigenvalue weighted by Gasteiger charge is -2.49. The number of aliphatic hydroxyl groups excluding tert-OH is 1. The van der Waals surface area contributed by atoms with Crippen LogP contribution in [0.3, 0.4) is 0 Å². The number of fused-ring (bicyclic) bond motifs is 2. The van der Waals surface area contributed by atoms with Gasteiger partial charge >= 0.3 is 0 Å². The molecule has 0 radical (unpaired) electrons. The van der Waals surface area contributed by atoms with Crippen LogP contribution in [-0.4, -0.2) is 29.1 Å². The van der Waals surface area contributed by atoms with Gasteiger partial charge in [0, 0.05) is 32.7 Å². The molecule has 2 fully saturated rings. The molecule has 0 bridgehead atoms. The van der Waals surface area contributed by atoms with Gasteiger partial charge in [0.05, 0.1) is 18.2 Å². The number of carbonyl (C=O) groups excluding carboxylic acids is 2. The zero-order valence-corrected chi connectivity index (χ0v) is 23.4. The number of hydrogen-bond donors (Lipinski definition) is 3. The lowest BCUT2D eigenvalue weighted by Crippen LogP contribution is -2.59. The Morgan fingerprint density at radius 2 is 1.69 bits per heavy atom. The molecule has 2 aromatic carbocycles. The van der Waals surface area contributed by atoms with E-state index in [-0.39, 0.29) is 36.4 Å². The van der Waals surface area contributed by atoms with Crippen molar-refractivity contribution >= 4 is 52.3 Å². The average Bonchev–Trinajstić information content (AvgIpc) is 3.18. The van der Waals surface area contributed by atoms with Gasteiger partial charge in [-0.05, 0) is 85.9 Å². The third-order valence-electron chi connectivity index (χ3n) is 8.61. The van der Waals surface area contributed by atoms with E-state index in [0.29, 0.717) is 64.2 Å². The van der Waals surface area contributed by atoms with Gasteiger partial charge < -0.3 is 20.5 Å². The molecule has 1 unspecified atom stereocenters. The number of benzene rings is 2. The third-order valence-corrected chi connectivity index (χ3v) is 9.36. The molecule has 2 amide bonds. The predicted octanol–water partition coefficient (Wildman–Crippen LogP) is 6.44. The Labute approximate surface area is 242 Å². The van der Waals surface area contributed by atoms with Crippen LogP contribution in [0.25, 0.3) is 0 Å². The third kappa shape index (κ3) is 4.76. The molecule has 1 saturated heterocycles. The Kier molecular flexibility index (Phi) is 7.17. The zero-order chi connectivity index (χ0) is 27.3. The highest BCUT2D eigenvalue weighted by atomic mass is 35.5. The van der Waals surface area contributed by atoms with Gasteiger partial charge in [-0.2, -0.15) is 0 Å². The first-order chi connectivity index (χ1) is 18.8. The van der Waals surface area contributed by atoms with Crippen LogP contribution in [0, 0.1) is 11.8 Å². The van der Waals surface area contributed by atoms with Crippen LogP contribution < -0.4 is 15.4 Å². The van der Waals surface area contributed by atoms with Crippen molar-refractivity contribution in [1.82, 2.24) is 5.32 Å². The van der Waals surface area contributed by atoms with Crippen LogP contribution in [0.1, 0.15) is 55.7 Å². The van der Waals surface area contributed by atoms with Crippen LogP contribution in [0.5, 0.6) is 5.75 Å². The van der Waals surface area contributed by atoms with Crippen molar-refractivity contribution in [1.29, 1.82) is 0 Å². The molecule has 39 heavy (non-hydrogen) atoms. The minimum absolute atomic E-state index is 0.0897. The standard InChI is InChI=1S/C30H29Cl3N2O4/c31-17-3-1-2-16(12-17)24-15-27(37)35-28(30(24)23-10-4-19(33)14-25(23)34-29(30)38)22-13-18(32)5-11-26(22)39-21-8-6-20(36)7-9-21/h1-5,10-11,13-14,16,20-21,24,28,36H,6-9,12,15H2,(H,34,38)(H,35,37)/t16?,20-,21-,24-,28-,30-/m0/s1. The molecule has 6 nitrogen and oxygen atoms in total. The first-order valence-corrected chi connectivity index (χ1v) is 14.5. The van der Waals surface area contributed by atoms with Crippen molar-refractivity contribution in [2.24, 2.45) is 11.8 Å². The molecule has 4 atom stereocenters. The lowest BCUT2D eigenvalue weighted by molar-refractivity contribution is -0.135. The molecular weight excluding hydrogens is 559 g/mol. The minimum Gasteiger partial charge on any atom is -0.490 e. The topological polar surface area (TPSA) is 87.7 Å². The first-order valence-electron chi connectivity index (χ1n) is 13.3. The maximum atomic E-state index is 14.3. The first kappa shape index (κ1) is 26.7. The number of halogens is 3. The Balaban J connectivity index is 1.51. The van der Waals surface area contributed by atoms with Crippen LogP contribution in [0.15, 0.2) is 59.7 Å². The molecular formula is C30H29Cl3N2O4. The molecule has 2 aromatic rings. The number of carbonyl (C=O) groups is 2. The van der Waals surface area contributed by atoms with Gasteiger partial charge in [-0.1, -0.05) is 53.0 Å². The number of allylic oxidation sites excluding steroid dienone is 4. The quantitative estimate of drug-likeness (QED) is 0.384. The fraction of sp³-hybridized carbons (Fsp3) is 0.400. The number of anilines is 1. The second kappa shape index (κ2) is 10.5. The Morgan fingerprint density at radius 1 is 0.949 bits per heavy atom. The number of ether oxygens (including phenoxy) is 1. The van der Waals surface area contributed by atoms with Gasteiger partial charge in [-0.25, -0.2) is 0 Å². The van der Waals surface area contributed by atoms with Crippen molar-refractivity contribution in [3.8, 4) is 5.75 Å². The van der Waals surface area contributed by atoms with Crippen LogP contribution in [0.4, 0.5) is 5.69 Å². The highest BCUT2D eigenvalue weighted by molar-refractivity contribution is 6.31. The summed E-state index contributed by atoms with van der Waals surface area (Å²) in [5.74, 6) is -0.337. The molecule has 2 heterocycles. The van der Waals surface area contributed by atoms with Crippen molar-refractivity contribution in [3.63, 3.8) is 0 Å². The molecule has 1 spiro atoms. The average molecular weight is 588 g/mol. The van der Waals surface area contributed by atoms with Gasteiger partial charge in [0.1, 0.15) is 11.2 Å². The predicted molar refractivity (Wildman–Crippen MR) is 152 cm³/mol. The van der Waals surface area contributed by atoms with Gasteiger partial charge in [0.25, 0.3) is 0 Å². The summed E-state index contributed by atoms with van der Waals surface area (Å²) in [4.78, 5) is 27.7. The summed E-state index contributed by atoms with van der Waals surface area (Å²) in [5, 5.41) is 17.9.